The summed E-state index contributed by atoms with van der Waals surface area (Å²) < 4.78 is 0. The van der Waals surface area contributed by atoms with Crippen LogP contribution in [-0.4, -0.2) is 40.3 Å². The van der Waals surface area contributed by atoms with Crippen LogP contribution in [-0.2, 0) is 6.54 Å². The van der Waals surface area contributed by atoms with Crippen LogP contribution >= 0.6 is 0 Å². The number of nitrogens with one attached hydrogen (secondary N) is 1. The van der Waals surface area contributed by atoms with Crippen molar-refractivity contribution in [3.63, 3.8) is 0 Å². The fourth-order valence-electron chi connectivity index (χ4n) is 5.26. The van der Waals surface area contributed by atoms with Gasteiger partial charge in [-0.05, 0) is 69.9 Å². The summed E-state index contributed by atoms with van der Waals surface area (Å²) >= 11 is 0. The summed E-state index contributed by atoms with van der Waals surface area (Å²) in [6, 6.07) is 13.2. The minimum Gasteiger partial charge on any atom is -0.390 e. The Balaban J connectivity index is 1.26. The van der Waals surface area contributed by atoms with Crippen molar-refractivity contribution >= 4 is 0 Å². The average molecular weight is 343 g/mol. The molecule has 3 fully saturated rings. The lowest BCUT2D eigenvalue weighted by Crippen LogP contribution is -2.55. The van der Waals surface area contributed by atoms with Crippen LogP contribution in [0.2, 0.25) is 0 Å². The Kier molecular flexibility index (Phi) is 5.44. The summed E-state index contributed by atoms with van der Waals surface area (Å²) in [5.41, 5.74) is 1.15. The van der Waals surface area contributed by atoms with Crippen LogP contribution in [0.1, 0.15) is 69.8 Å². The number of nitrogens with zero attached hydrogens (tertiary/aromatic N) is 1. The predicted octanol–water partition coefficient (Wildman–Crippen LogP) is 3.86. The zero-order valence-corrected chi connectivity index (χ0v) is 15.5. The molecule has 2 heterocycles. The van der Waals surface area contributed by atoms with Gasteiger partial charge >= 0.3 is 0 Å². The van der Waals surface area contributed by atoms with Crippen LogP contribution in [0.4, 0.5) is 0 Å². The van der Waals surface area contributed by atoms with E-state index >= 15 is 0 Å². The van der Waals surface area contributed by atoms with Gasteiger partial charge in [-0.2, -0.15) is 0 Å². The Morgan fingerprint density at radius 1 is 1.04 bits per heavy atom. The maximum absolute atomic E-state index is 10.2. The first-order valence-electron chi connectivity index (χ1n) is 10.5. The van der Waals surface area contributed by atoms with Gasteiger partial charge in [0.1, 0.15) is 0 Å². The van der Waals surface area contributed by atoms with Gasteiger partial charge in [-0.1, -0.05) is 36.8 Å². The topological polar surface area (TPSA) is 35.5 Å². The number of benzene rings is 1. The van der Waals surface area contributed by atoms with Crippen molar-refractivity contribution in [2.45, 2.75) is 94.5 Å². The van der Waals surface area contributed by atoms with Crippen molar-refractivity contribution in [3.8, 4) is 0 Å². The molecular formula is C22H34N2O. The third-order valence-corrected chi connectivity index (χ3v) is 6.87. The fraction of sp³-hybridized carbons (Fsp3) is 0.727. The molecule has 2 aliphatic heterocycles. The lowest BCUT2D eigenvalue weighted by atomic mass is 9.77. The Morgan fingerprint density at radius 3 is 2.40 bits per heavy atom. The van der Waals surface area contributed by atoms with E-state index in [-0.39, 0.29) is 5.60 Å². The molecule has 3 heteroatoms. The third kappa shape index (κ3) is 4.27. The highest BCUT2D eigenvalue weighted by molar-refractivity contribution is 5.15. The van der Waals surface area contributed by atoms with Gasteiger partial charge in [-0.15, -0.1) is 0 Å². The number of rotatable bonds is 7. The number of fused-ring (bicyclic) bond motifs is 2. The first-order chi connectivity index (χ1) is 12.2. The van der Waals surface area contributed by atoms with E-state index in [1.807, 2.05) is 0 Å². The van der Waals surface area contributed by atoms with Crippen molar-refractivity contribution in [1.82, 2.24) is 10.2 Å². The molecule has 0 amide bonds. The van der Waals surface area contributed by atoms with Crippen molar-refractivity contribution < 1.29 is 5.11 Å². The maximum Gasteiger partial charge on any atom is 0.0648 e. The molecule has 3 nitrogen and oxygen atoms in total. The van der Waals surface area contributed by atoms with E-state index in [2.05, 4.69) is 40.5 Å². The van der Waals surface area contributed by atoms with E-state index in [9.17, 15) is 5.11 Å². The van der Waals surface area contributed by atoms with Gasteiger partial charge < -0.3 is 10.4 Å². The number of aliphatic hydroxyl groups is 1. The highest BCUT2D eigenvalue weighted by atomic mass is 16.3. The molecule has 2 unspecified atom stereocenters. The molecule has 0 aromatic heterocycles. The van der Waals surface area contributed by atoms with Crippen LogP contribution in [0.3, 0.4) is 0 Å². The molecule has 1 aliphatic carbocycles. The summed E-state index contributed by atoms with van der Waals surface area (Å²) in [6.45, 7) is 2.20. The van der Waals surface area contributed by atoms with Crippen molar-refractivity contribution in [1.29, 1.82) is 0 Å². The monoisotopic (exact) mass is 342 g/mol. The standard InChI is InChI=1S/C22H34N2O/c25-22(11-5-12-22)13-6-14-23-19-15-20-9-4-10-21(16-19)24(20)17-18-7-2-1-3-8-18/h1-3,7-8,19-21,23,25H,4-6,9-17H2. The van der Waals surface area contributed by atoms with Gasteiger partial charge in [-0.3, -0.25) is 4.90 Å². The Hall–Kier alpha value is -0.900. The molecule has 138 valence electrons. The van der Waals surface area contributed by atoms with Crippen LogP contribution in [0.5, 0.6) is 0 Å². The molecule has 0 spiro atoms. The third-order valence-electron chi connectivity index (χ3n) is 6.87. The van der Waals surface area contributed by atoms with E-state index in [1.54, 1.807) is 0 Å². The Labute approximate surface area is 152 Å². The zero-order valence-electron chi connectivity index (χ0n) is 15.5. The number of hydrogen-bond donors (Lipinski definition) is 2. The maximum atomic E-state index is 10.2. The van der Waals surface area contributed by atoms with Crippen LogP contribution in [0.15, 0.2) is 30.3 Å². The molecule has 1 aromatic rings. The minimum atomic E-state index is -0.308. The molecule has 2 N–H and O–H groups in total. The van der Waals surface area contributed by atoms with E-state index < -0.39 is 0 Å². The molecule has 3 aliphatic rings. The summed E-state index contributed by atoms with van der Waals surface area (Å²) in [7, 11) is 0. The zero-order chi connectivity index (χ0) is 17.1. The minimum absolute atomic E-state index is 0.308. The van der Waals surface area contributed by atoms with E-state index in [4.69, 9.17) is 0 Å². The predicted molar refractivity (Wildman–Crippen MR) is 102 cm³/mol. The SMILES string of the molecule is OC1(CCCNC2CC3CCCC(C2)N3Cc2ccccc2)CCC1. The molecule has 25 heavy (non-hydrogen) atoms. The molecule has 2 atom stereocenters. The van der Waals surface area contributed by atoms with Gasteiger partial charge in [0, 0.05) is 24.7 Å². The highest BCUT2D eigenvalue weighted by Gasteiger charge is 2.38. The van der Waals surface area contributed by atoms with Crippen LogP contribution < -0.4 is 5.32 Å². The largest absolute Gasteiger partial charge is 0.390 e. The lowest BCUT2D eigenvalue weighted by Gasteiger charge is -2.49. The van der Waals surface area contributed by atoms with Crippen molar-refractivity contribution in [2.75, 3.05) is 6.54 Å². The van der Waals surface area contributed by atoms with Gasteiger partial charge in [0.25, 0.3) is 0 Å². The number of hydrogen-bond acceptors (Lipinski definition) is 3. The Bertz CT molecular complexity index is 528. The second-order valence-electron chi connectivity index (χ2n) is 8.70. The smallest absolute Gasteiger partial charge is 0.0648 e. The van der Waals surface area contributed by atoms with Crippen molar-refractivity contribution in [2.24, 2.45) is 0 Å². The second-order valence-corrected chi connectivity index (χ2v) is 8.70. The van der Waals surface area contributed by atoms with Gasteiger partial charge in [0.2, 0.25) is 0 Å². The second kappa shape index (κ2) is 7.77. The first-order valence-corrected chi connectivity index (χ1v) is 10.5. The van der Waals surface area contributed by atoms with Gasteiger partial charge in [-0.25, -0.2) is 0 Å². The summed E-state index contributed by atoms with van der Waals surface area (Å²) in [6.07, 6.45) is 12.1. The van der Waals surface area contributed by atoms with Gasteiger partial charge in [0.05, 0.1) is 5.60 Å². The summed E-state index contributed by atoms with van der Waals surface area (Å²) in [5, 5.41) is 14.0. The molecule has 4 rings (SSSR count). The Morgan fingerprint density at radius 2 is 1.76 bits per heavy atom. The molecule has 1 saturated carbocycles. The van der Waals surface area contributed by atoms with Gasteiger partial charge in [0.15, 0.2) is 0 Å². The van der Waals surface area contributed by atoms with E-state index in [0.29, 0.717) is 6.04 Å². The average Bonchev–Trinajstić information content (AvgIpc) is 2.58. The first kappa shape index (κ1) is 17.5. The van der Waals surface area contributed by atoms with Crippen LogP contribution in [0, 0.1) is 0 Å². The molecule has 2 saturated heterocycles. The normalized spacial score (nSPS) is 31.5. The molecule has 0 radical (unpaired) electrons. The lowest BCUT2D eigenvalue weighted by molar-refractivity contribution is -0.0419. The number of piperidine rings is 2. The van der Waals surface area contributed by atoms with Crippen molar-refractivity contribution in [3.05, 3.63) is 35.9 Å². The van der Waals surface area contributed by atoms with Crippen LogP contribution in [0.25, 0.3) is 0 Å². The quantitative estimate of drug-likeness (QED) is 0.739. The van der Waals surface area contributed by atoms with E-state index in [1.165, 1.54) is 44.1 Å². The molecule has 1 aromatic carbocycles. The summed E-state index contributed by atoms with van der Waals surface area (Å²) in [4.78, 5) is 2.79. The molecular weight excluding hydrogens is 308 g/mol. The molecule has 2 bridgehead atoms. The van der Waals surface area contributed by atoms with E-state index in [0.717, 1.165) is 50.9 Å². The fourth-order valence-corrected chi connectivity index (χ4v) is 5.26. The summed E-state index contributed by atoms with van der Waals surface area (Å²) in [5.74, 6) is 0. The highest BCUT2D eigenvalue weighted by Crippen LogP contribution is 2.36.